The highest BCUT2D eigenvalue weighted by Gasteiger charge is 2.14. The summed E-state index contributed by atoms with van der Waals surface area (Å²) in [6, 6.07) is 6.15. The van der Waals surface area contributed by atoms with Crippen molar-refractivity contribution in [1.82, 2.24) is 9.55 Å². The van der Waals surface area contributed by atoms with Crippen LogP contribution in [0.3, 0.4) is 0 Å². The van der Waals surface area contributed by atoms with Gasteiger partial charge in [-0.1, -0.05) is 24.9 Å². The first-order valence-corrected chi connectivity index (χ1v) is 7.24. The van der Waals surface area contributed by atoms with Crippen molar-refractivity contribution in [2.45, 2.75) is 45.1 Å². The van der Waals surface area contributed by atoms with Crippen LogP contribution in [-0.4, -0.2) is 15.6 Å². The van der Waals surface area contributed by atoms with E-state index in [9.17, 15) is 0 Å². The Morgan fingerprint density at radius 1 is 1.32 bits per heavy atom. The lowest BCUT2D eigenvalue weighted by molar-refractivity contribution is 0.535. The second-order valence-electron chi connectivity index (χ2n) is 5.47. The second-order valence-corrected chi connectivity index (χ2v) is 5.91. The second kappa shape index (κ2) is 5.93. The number of halogens is 1. The number of hydrogen-bond acceptors (Lipinski definition) is 2. The predicted molar refractivity (Wildman–Crippen MR) is 81.6 cm³/mol. The highest BCUT2D eigenvalue weighted by Crippen LogP contribution is 2.26. The maximum absolute atomic E-state index is 6.02. The number of aromatic nitrogens is 2. The van der Waals surface area contributed by atoms with Gasteiger partial charge in [-0.2, -0.15) is 0 Å². The Balaban J connectivity index is 2.17. The van der Waals surface area contributed by atoms with Gasteiger partial charge >= 0.3 is 0 Å². The summed E-state index contributed by atoms with van der Waals surface area (Å²) in [6.07, 6.45) is 3.33. The van der Waals surface area contributed by atoms with Gasteiger partial charge in [-0.3, -0.25) is 0 Å². The molecule has 0 aliphatic heterocycles. The topological polar surface area (TPSA) is 43.8 Å². The SMILES string of the molecule is CC(N)CCCC(C)c1nc2cc(Cl)ccc2n1C. The minimum Gasteiger partial charge on any atom is -0.331 e. The molecule has 0 saturated heterocycles. The zero-order valence-corrected chi connectivity index (χ0v) is 12.6. The van der Waals surface area contributed by atoms with E-state index in [1.807, 2.05) is 18.2 Å². The molecule has 2 rings (SSSR count). The van der Waals surface area contributed by atoms with Crippen LogP contribution in [-0.2, 0) is 7.05 Å². The van der Waals surface area contributed by atoms with Crippen molar-refractivity contribution in [1.29, 1.82) is 0 Å². The van der Waals surface area contributed by atoms with E-state index in [4.69, 9.17) is 22.3 Å². The average molecular weight is 280 g/mol. The molecule has 0 fully saturated rings. The molecular weight excluding hydrogens is 258 g/mol. The molecule has 0 radical (unpaired) electrons. The Morgan fingerprint density at radius 3 is 2.74 bits per heavy atom. The third kappa shape index (κ3) is 3.28. The largest absolute Gasteiger partial charge is 0.331 e. The van der Waals surface area contributed by atoms with Crippen molar-refractivity contribution in [3.63, 3.8) is 0 Å². The van der Waals surface area contributed by atoms with Crippen LogP contribution >= 0.6 is 11.6 Å². The van der Waals surface area contributed by atoms with Crippen LogP contribution in [0.15, 0.2) is 18.2 Å². The maximum atomic E-state index is 6.02. The molecule has 104 valence electrons. The predicted octanol–water partition coefficient (Wildman–Crippen LogP) is 3.85. The minimum absolute atomic E-state index is 0.284. The monoisotopic (exact) mass is 279 g/mol. The molecule has 1 aromatic carbocycles. The molecule has 4 heteroatoms. The van der Waals surface area contributed by atoms with Crippen molar-refractivity contribution in [2.24, 2.45) is 12.8 Å². The van der Waals surface area contributed by atoms with Gasteiger partial charge in [0.1, 0.15) is 5.82 Å². The lowest BCUT2D eigenvalue weighted by Gasteiger charge is -2.12. The molecule has 0 spiro atoms. The van der Waals surface area contributed by atoms with E-state index in [-0.39, 0.29) is 6.04 Å². The zero-order valence-electron chi connectivity index (χ0n) is 11.9. The van der Waals surface area contributed by atoms with E-state index in [1.54, 1.807) is 0 Å². The molecule has 1 aromatic heterocycles. The number of aryl methyl sites for hydroxylation is 1. The number of hydrogen-bond donors (Lipinski definition) is 1. The number of nitrogens with two attached hydrogens (primary N) is 1. The van der Waals surface area contributed by atoms with Gasteiger partial charge in [0.15, 0.2) is 0 Å². The molecule has 3 nitrogen and oxygen atoms in total. The fraction of sp³-hybridized carbons (Fsp3) is 0.533. The maximum Gasteiger partial charge on any atom is 0.112 e. The van der Waals surface area contributed by atoms with Crippen LogP contribution in [0.1, 0.15) is 44.9 Å². The molecule has 2 unspecified atom stereocenters. The molecule has 0 saturated carbocycles. The van der Waals surface area contributed by atoms with Crippen molar-refractivity contribution >= 4 is 22.6 Å². The van der Waals surface area contributed by atoms with Crippen molar-refractivity contribution in [3.8, 4) is 0 Å². The van der Waals surface area contributed by atoms with E-state index in [1.165, 1.54) is 0 Å². The summed E-state index contributed by atoms with van der Waals surface area (Å²) in [6.45, 7) is 4.28. The molecule has 0 aliphatic carbocycles. The Labute approximate surface area is 119 Å². The molecule has 2 N–H and O–H groups in total. The van der Waals surface area contributed by atoms with Crippen molar-refractivity contribution < 1.29 is 0 Å². The summed E-state index contributed by atoms with van der Waals surface area (Å²) in [7, 11) is 2.07. The van der Waals surface area contributed by atoms with E-state index in [0.29, 0.717) is 5.92 Å². The van der Waals surface area contributed by atoms with Crippen molar-refractivity contribution in [2.75, 3.05) is 0 Å². The number of nitrogens with zero attached hydrogens (tertiary/aromatic N) is 2. The van der Waals surface area contributed by atoms with Crippen LogP contribution < -0.4 is 5.73 Å². The smallest absolute Gasteiger partial charge is 0.112 e. The summed E-state index contributed by atoms with van der Waals surface area (Å²) >= 11 is 6.02. The van der Waals surface area contributed by atoms with Crippen molar-refractivity contribution in [3.05, 3.63) is 29.0 Å². The van der Waals surface area contributed by atoms with Gasteiger partial charge in [-0.15, -0.1) is 0 Å². The molecule has 2 atom stereocenters. The standard InChI is InChI=1S/C15H22ClN3/c1-10(5-4-6-11(2)17)15-18-13-9-12(16)7-8-14(13)19(15)3/h7-11H,4-6,17H2,1-3H3. The van der Waals surface area contributed by atoms with Crippen LogP contribution in [0.2, 0.25) is 5.02 Å². The molecule has 1 heterocycles. The highest BCUT2D eigenvalue weighted by atomic mass is 35.5. The van der Waals surface area contributed by atoms with Gasteiger partial charge in [0, 0.05) is 24.0 Å². The van der Waals surface area contributed by atoms with E-state index < -0.39 is 0 Å². The first-order valence-electron chi connectivity index (χ1n) is 6.86. The van der Waals surface area contributed by atoms with E-state index in [2.05, 4.69) is 25.5 Å². The summed E-state index contributed by atoms with van der Waals surface area (Å²) in [4.78, 5) is 4.72. The molecule has 0 aliphatic rings. The first kappa shape index (κ1) is 14.4. The van der Waals surface area contributed by atoms with Crippen LogP contribution in [0, 0.1) is 0 Å². The Bertz CT molecular complexity index is 560. The Kier molecular flexibility index (Phi) is 4.48. The molecule has 19 heavy (non-hydrogen) atoms. The summed E-state index contributed by atoms with van der Waals surface area (Å²) in [5.41, 5.74) is 7.90. The third-order valence-electron chi connectivity index (χ3n) is 3.61. The lowest BCUT2D eigenvalue weighted by atomic mass is 10.0. The van der Waals surface area contributed by atoms with Gasteiger partial charge in [-0.05, 0) is 38.0 Å². The summed E-state index contributed by atoms with van der Waals surface area (Å²) in [5.74, 6) is 1.57. The lowest BCUT2D eigenvalue weighted by Crippen LogP contribution is -2.14. The third-order valence-corrected chi connectivity index (χ3v) is 3.85. The van der Waals surface area contributed by atoms with Crippen LogP contribution in [0.4, 0.5) is 0 Å². The summed E-state index contributed by atoms with van der Waals surface area (Å²) < 4.78 is 2.17. The fourth-order valence-corrected chi connectivity index (χ4v) is 2.67. The first-order chi connectivity index (χ1) is 8.99. The molecular formula is C15H22ClN3. The fourth-order valence-electron chi connectivity index (χ4n) is 2.51. The molecule has 0 bridgehead atoms. The van der Waals surface area contributed by atoms with E-state index >= 15 is 0 Å². The Morgan fingerprint density at radius 2 is 2.05 bits per heavy atom. The number of imidazole rings is 1. The number of fused-ring (bicyclic) bond motifs is 1. The summed E-state index contributed by atoms with van der Waals surface area (Å²) in [5, 5.41) is 0.738. The van der Waals surface area contributed by atoms with Gasteiger partial charge in [-0.25, -0.2) is 4.98 Å². The normalized spacial score (nSPS) is 14.8. The zero-order chi connectivity index (χ0) is 14.0. The number of benzene rings is 1. The minimum atomic E-state index is 0.284. The van der Waals surface area contributed by atoms with Gasteiger partial charge in [0.25, 0.3) is 0 Å². The quantitative estimate of drug-likeness (QED) is 0.903. The highest BCUT2D eigenvalue weighted by molar-refractivity contribution is 6.31. The van der Waals surface area contributed by atoms with Gasteiger partial charge in [0.05, 0.1) is 11.0 Å². The molecule has 2 aromatic rings. The molecule has 0 amide bonds. The van der Waals surface area contributed by atoms with Gasteiger partial charge < -0.3 is 10.3 Å². The number of rotatable bonds is 5. The van der Waals surface area contributed by atoms with Crippen LogP contribution in [0.25, 0.3) is 11.0 Å². The van der Waals surface area contributed by atoms with E-state index in [0.717, 1.165) is 41.1 Å². The van der Waals surface area contributed by atoms with Gasteiger partial charge in [0.2, 0.25) is 0 Å². The average Bonchev–Trinajstić information content (AvgIpc) is 2.65. The van der Waals surface area contributed by atoms with Crippen LogP contribution in [0.5, 0.6) is 0 Å². The Hall–Kier alpha value is -1.06.